The highest BCUT2D eigenvalue weighted by molar-refractivity contribution is 5.23. The predicted molar refractivity (Wildman–Crippen MR) is 95.4 cm³/mol. The van der Waals surface area contributed by atoms with Gasteiger partial charge in [0.1, 0.15) is 0 Å². The van der Waals surface area contributed by atoms with Crippen LogP contribution in [0.1, 0.15) is 38.7 Å². The van der Waals surface area contributed by atoms with E-state index in [-0.39, 0.29) is 6.04 Å². The van der Waals surface area contributed by atoms with Crippen LogP contribution in [0.4, 0.5) is 0 Å². The van der Waals surface area contributed by atoms with Crippen LogP contribution in [0.25, 0.3) is 0 Å². The minimum absolute atomic E-state index is 0.225. The number of hydrogen-bond acceptors (Lipinski definition) is 1. The van der Waals surface area contributed by atoms with E-state index in [1.807, 2.05) is 6.08 Å². The van der Waals surface area contributed by atoms with Crippen LogP contribution >= 0.6 is 0 Å². The first-order valence-corrected chi connectivity index (χ1v) is 8.33. The first kappa shape index (κ1) is 16.6. The van der Waals surface area contributed by atoms with Gasteiger partial charge in [-0.15, -0.1) is 12.5 Å². The quantitative estimate of drug-likeness (QED) is 0.556. The zero-order valence-electron chi connectivity index (χ0n) is 13.8. The van der Waals surface area contributed by atoms with Crippen LogP contribution in [0, 0.1) is 17.8 Å². The van der Waals surface area contributed by atoms with Crippen LogP contribution in [0.2, 0.25) is 0 Å². The molecule has 1 aliphatic heterocycles. The number of hydrogen-bond donors (Lipinski definition) is 0. The molecule has 1 aromatic rings. The number of allylic oxidation sites excluding steroid dienone is 1. The molecule has 0 saturated carbocycles. The molecule has 1 nitrogen and oxygen atoms in total. The normalized spacial score (nSPS) is 24.5. The van der Waals surface area contributed by atoms with E-state index in [1.54, 1.807) is 0 Å². The summed E-state index contributed by atoms with van der Waals surface area (Å²) in [6, 6.07) is 11.4. The molecule has 0 aliphatic carbocycles. The van der Waals surface area contributed by atoms with Gasteiger partial charge in [0.15, 0.2) is 0 Å². The standard InChI is InChI=1S/C21H27N/c1-4-6-8-14-21-16-15-20(11-5-2)18(3)22(21)17-19-12-9-7-10-13-19/h5,7,9-10,12-13,15-16,18,20-21H,2,4,6,11,17H2,1,3H3/t18-,20+,21+/m1/s1. The number of benzene rings is 1. The number of rotatable bonds is 5. The second-order valence-electron chi connectivity index (χ2n) is 5.99. The van der Waals surface area contributed by atoms with Crippen molar-refractivity contribution >= 4 is 0 Å². The van der Waals surface area contributed by atoms with E-state index >= 15 is 0 Å². The highest BCUT2D eigenvalue weighted by atomic mass is 15.2. The van der Waals surface area contributed by atoms with Gasteiger partial charge in [0, 0.05) is 19.0 Å². The molecule has 0 amide bonds. The Balaban J connectivity index is 2.20. The SMILES string of the molecule is C=CC[C@H]1C=C[C@H](C#CCCC)N(Cc2ccccc2)[C@@H]1C. The van der Waals surface area contributed by atoms with E-state index < -0.39 is 0 Å². The van der Waals surface area contributed by atoms with Crippen molar-refractivity contribution in [1.82, 2.24) is 4.90 Å². The summed E-state index contributed by atoms with van der Waals surface area (Å²) in [5.74, 6) is 7.31. The molecule has 0 unspecified atom stereocenters. The van der Waals surface area contributed by atoms with Gasteiger partial charge in [-0.1, -0.05) is 61.4 Å². The maximum absolute atomic E-state index is 3.90. The van der Waals surface area contributed by atoms with Gasteiger partial charge in [-0.05, 0) is 31.2 Å². The van der Waals surface area contributed by atoms with Gasteiger partial charge in [0.25, 0.3) is 0 Å². The van der Waals surface area contributed by atoms with Crippen molar-refractivity contribution in [3.63, 3.8) is 0 Å². The summed E-state index contributed by atoms with van der Waals surface area (Å²) in [6.07, 6.45) is 9.76. The maximum atomic E-state index is 3.90. The summed E-state index contributed by atoms with van der Waals surface area (Å²) in [4.78, 5) is 2.52. The van der Waals surface area contributed by atoms with Crippen molar-refractivity contribution in [1.29, 1.82) is 0 Å². The largest absolute Gasteiger partial charge is 0.279 e. The molecule has 1 aliphatic rings. The third-order valence-corrected chi connectivity index (χ3v) is 4.31. The van der Waals surface area contributed by atoms with Gasteiger partial charge >= 0.3 is 0 Å². The van der Waals surface area contributed by atoms with Crippen molar-refractivity contribution < 1.29 is 0 Å². The lowest BCUT2D eigenvalue weighted by atomic mass is 9.89. The summed E-state index contributed by atoms with van der Waals surface area (Å²) in [5.41, 5.74) is 1.35. The van der Waals surface area contributed by atoms with E-state index in [0.717, 1.165) is 25.8 Å². The lowest BCUT2D eigenvalue weighted by Gasteiger charge is -2.39. The van der Waals surface area contributed by atoms with Crippen LogP contribution in [-0.4, -0.2) is 17.0 Å². The van der Waals surface area contributed by atoms with Gasteiger partial charge < -0.3 is 0 Å². The van der Waals surface area contributed by atoms with Crippen molar-refractivity contribution in [2.45, 2.75) is 51.7 Å². The molecule has 1 heteroatoms. The molecule has 0 aromatic heterocycles. The lowest BCUT2D eigenvalue weighted by Crippen LogP contribution is -2.45. The van der Waals surface area contributed by atoms with Crippen LogP contribution in [-0.2, 0) is 6.54 Å². The monoisotopic (exact) mass is 293 g/mol. The molecule has 116 valence electrons. The van der Waals surface area contributed by atoms with Crippen molar-refractivity contribution in [3.8, 4) is 11.8 Å². The maximum Gasteiger partial charge on any atom is 0.0906 e. The van der Waals surface area contributed by atoms with E-state index in [4.69, 9.17) is 0 Å². The first-order chi connectivity index (χ1) is 10.8. The lowest BCUT2D eigenvalue weighted by molar-refractivity contribution is 0.143. The second kappa shape index (κ2) is 8.61. The van der Waals surface area contributed by atoms with E-state index in [2.05, 4.69) is 79.7 Å². The third-order valence-electron chi connectivity index (χ3n) is 4.31. The van der Waals surface area contributed by atoms with Crippen molar-refractivity contribution in [3.05, 3.63) is 60.7 Å². The average Bonchev–Trinajstić information content (AvgIpc) is 2.54. The summed E-state index contributed by atoms with van der Waals surface area (Å²) in [5, 5.41) is 0. The molecule has 22 heavy (non-hydrogen) atoms. The van der Waals surface area contributed by atoms with Crippen LogP contribution in [0.5, 0.6) is 0 Å². The number of unbranched alkanes of at least 4 members (excludes halogenated alkanes) is 1. The Bertz CT molecular complexity index is 546. The summed E-state index contributed by atoms with van der Waals surface area (Å²) >= 11 is 0. The fraction of sp³-hybridized carbons (Fsp3) is 0.429. The van der Waals surface area contributed by atoms with E-state index in [9.17, 15) is 0 Å². The molecule has 2 rings (SSSR count). The molecule has 0 N–H and O–H groups in total. The molecule has 3 atom stereocenters. The summed E-state index contributed by atoms with van der Waals surface area (Å²) in [6.45, 7) is 9.34. The molecule has 0 radical (unpaired) electrons. The number of nitrogens with zero attached hydrogens (tertiary/aromatic N) is 1. The summed E-state index contributed by atoms with van der Waals surface area (Å²) < 4.78 is 0. The molecule has 1 aromatic carbocycles. The molecule has 1 heterocycles. The Kier molecular flexibility index (Phi) is 6.49. The van der Waals surface area contributed by atoms with Gasteiger partial charge in [0.05, 0.1) is 6.04 Å². The molecule has 0 fully saturated rings. The van der Waals surface area contributed by atoms with Gasteiger partial charge in [-0.2, -0.15) is 0 Å². The zero-order valence-corrected chi connectivity index (χ0v) is 13.8. The minimum Gasteiger partial charge on any atom is -0.279 e. The highest BCUT2D eigenvalue weighted by Gasteiger charge is 2.29. The fourth-order valence-electron chi connectivity index (χ4n) is 2.96. The smallest absolute Gasteiger partial charge is 0.0906 e. The average molecular weight is 293 g/mol. The Morgan fingerprint density at radius 2 is 2.00 bits per heavy atom. The third kappa shape index (κ3) is 4.36. The Labute approximate surface area is 135 Å². The van der Waals surface area contributed by atoms with Crippen LogP contribution in [0.3, 0.4) is 0 Å². The first-order valence-electron chi connectivity index (χ1n) is 8.33. The molecular weight excluding hydrogens is 266 g/mol. The van der Waals surface area contributed by atoms with Crippen LogP contribution in [0.15, 0.2) is 55.1 Å². The van der Waals surface area contributed by atoms with Gasteiger partial charge in [-0.25, -0.2) is 0 Å². The Morgan fingerprint density at radius 1 is 1.23 bits per heavy atom. The fourth-order valence-corrected chi connectivity index (χ4v) is 2.96. The predicted octanol–water partition coefficient (Wildman–Crippen LogP) is 4.81. The highest BCUT2D eigenvalue weighted by Crippen LogP contribution is 2.26. The zero-order chi connectivity index (χ0) is 15.8. The second-order valence-corrected chi connectivity index (χ2v) is 5.99. The Morgan fingerprint density at radius 3 is 2.68 bits per heavy atom. The molecule has 0 spiro atoms. The molecular formula is C21H27N. The molecule has 0 bridgehead atoms. The minimum atomic E-state index is 0.225. The topological polar surface area (TPSA) is 3.24 Å². The van der Waals surface area contributed by atoms with Crippen molar-refractivity contribution in [2.24, 2.45) is 5.92 Å². The van der Waals surface area contributed by atoms with Gasteiger partial charge in [0.2, 0.25) is 0 Å². The van der Waals surface area contributed by atoms with Crippen LogP contribution < -0.4 is 0 Å². The van der Waals surface area contributed by atoms with Crippen molar-refractivity contribution in [2.75, 3.05) is 0 Å². The van der Waals surface area contributed by atoms with E-state index in [1.165, 1.54) is 5.56 Å². The van der Waals surface area contributed by atoms with E-state index in [0.29, 0.717) is 12.0 Å². The van der Waals surface area contributed by atoms with Gasteiger partial charge in [-0.3, -0.25) is 4.90 Å². The Hall–Kier alpha value is -1.78. The summed E-state index contributed by atoms with van der Waals surface area (Å²) in [7, 11) is 0. The molecule has 0 saturated heterocycles.